The van der Waals surface area contributed by atoms with Crippen LogP contribution in [0.2, 0.25) is 0 Å². The summed E-state index contributed by atoms with van der Waals surface area (Å²) in [5, 5.41) is 2.94. The first-order chi connectivity index (χ1) is 13.7. The number of hydrogen-bond donors (Lipinski definition) is 1. The quantitative estimate of drug-likeness (QED) is 0.609. The van der Waals surface area contributed by atoms with Crippen molar-refractivity contribution in [3.05, 3.63) is 107 Å². The van der Waals surface area contributed by atoms with Crippen LogP contribution in [0.1, 0.15) is 35.1 Å². The number of amides is 1. The molecule has 0 unspecified atom stereocenters. The van der Waals surface area contributed by atoms with Crippen molar-refractivity contribution in [1.82, 2.24) is 5.32 Å². The normalized spacial score (nSPS) is 12.0. The smallest absolute Gasteiger partial charge is 0.221 e. The van der Waals surface area contributed by atoms with Crippen LogP contribution < -0.4 is 5.32 Å². The lowest BCUT2D eigenvalue weighted by Crippen LogP contribution is -2.30. The third kappa shape index (κ3) is 5.27. The molecule has 144 valence electrons. The van der Waals surface area contributed by atoms with Gasteiger partial charge >= 0.3 is 0 Å². The molecule has 0 radical (unpaired) electrons. The van der Waals surface area contributed by atoms with Crippen LogP contribution in [-0.2, 0) is 9.53 Å². The molecule has 0 aromatic heterocycles. The molecule has 0 heterocycles. The molecule has 1 N–H and O–H groups in total. The van der Waals surface area contributed by atoms with Crippen molar-refractivity contribution in [2.45, 2.75) is 18.4 Å². The molecular weight excluding hydrogens is 353 g/mol. The van der Waals surface area contributed by atoms with Gasteiger partial charge in [-0.3, -0.25) is 4.79 Å². The van der Waals surface area contributed by atoms with Crippen LogP contribution in [0.4, 0.5) is 4.39 Å². The van der Waals surface area contributed by atoms with E-state index in [2.05, 4.69) is 5.32 Å². The average molecular weight is 377 g/mol. The second-order valence-corrected chi connectivity index (χ2v) is 6.66. The van der Waals surface area contributed by atoms with Crippen molar-refractivity contribution in [2.75, 3.05) is 13.7 Å². The van der Waals surface area contributed by atoms with Crippen molar-refractivity contribution < 1.29 is 13.9 Å². The van der Waals surface area contributed by atoms with E-state index in [1.165, 1.54) is 12.1 Å². The van der Waals surface area contributed by atoms with Gasteiger partial charge in [0.2, 0.25) is 5.91 Å². The summed E-state index contributed by atoms with van der Waals surface area (Å²) in [7, 11) is 1.55. The van der Waals surface area contributed by atoms with E-state index >= 15 is 0 Å². The van der Waals surface area contributed by atoms with Gasteiger partial charge in [-0.15, -0.1) is 0 Å². The Bertz CT molecular complexity index is 844. The lowest BCUT2D eigenvalue weighted by molar-refractivity contribution is -0.121. The van der Waals surface area contributed by atoms with Gasteiger partial charge in [-0.2, -0.15) is 0 Å². The summed E-state index contributed by atoms with van der Waals surface area (Å²) in [6.45, 7) is 0.287. The number of ether oxygens (including phenoxy) is 1. The van der Waals surface area contributed by atoms with Crippen LogP contribution in [0, 0.1) is 5.82 Å². The van der Waals surface area contributed by atoms with Crippen molar-refractivity contribution in [3.8, 4) is 0 Å². The van der Waals surface area contributed by atoms with Gasteiger partial charge in [-0.05, 0) is 28.8 Å². The monoisotopic (exact) mass is 377 g/mol. The Kier molecular flexibility index (Phi) is 6.93. The van der Waals surface area contributed by atoms with Gasteiger partial charge in [0, 0.05) is 26.0 Å². The molecule has 1 atom stereocenters. The molecular formula is C24H24FNO2. The first-order valence-electron chi connectivity index (χ1n) is 9.32. The van der Waals surface area contributed by atoms with Crippen molar-refractivity contribution in [2.24, 2.45) is 0 Å². The maximum Gasteiger partial charge on any atom is 0.221 e. The zero-order valence-electron chi connectivity index (χ0n) is 15.8. The van der Waals surface area contributed by atoms with Crippen molar-refractivity contribution in [3.63, 3.8) is 0 Å². The lowest BCUT2D eigenvalue weighted by Gasteiger charge is -2.20. The molecule has 0 aliphatic rings. The molecule has 0 fully saturated rings. The maximum absolute atomic E-state index is 13.5. The molecule has 0 spiro atoms. The Morgan fingerprint density at radius 2 is 1.46 bits per heavy atom. The Morgan fingerprint density at radius 3 is 2.00 bits per heavy atom. The van der Waals surface area contributed by atoms with E-state index in [9.17, 15) is 9.18 Å². The molecule has 3 aromatic rings. The second kappa shape index (κ2) is 9.81. The van der Waals surface area contributed by atoms with E-state index < -0.39 is 6.10 Å². The molecule has 0 bridgehead atoms. The first kappa shape index (κ1) is 19.8. The highest BCUT2D eigenvalue weighted by Gasteiger charge is 2.19. The second-order valence-electron chi connectivity index (χ2n) is 6.66. The lowest BCUT2D eigenvalue weighted by atomic mass is 9.88. The Labute approximate surface area is 165 Å². The molecule has 4 heteroatoms. The summed E-state index contributed by atoms with van der Waals surface area (Å²) in [6.07, 6.45) is -0.0697. The summed E-state index contributed by atoms with van der Waals surface area (Å²) in [4.78, 5) is 12.7. The molecule has 0 saturated carbocycles. The van der Waals surface area contributed by atoms with E-state index in [0.717, 1.165) is 11.1 Å². The topological polar surface area (TPSA) is 38.3 Å². The predicted molar refractivity (Wildman–Crippen MR) is 109 cm³/mol. The summed E-state index contributed by atoms with van der Waals surface area (Å²) < 4.78 is 18.9. The Balaban J connectivity index is 1.68. The highest BCUT2D eigenvalue weighted by Crippen LogP contribution is 2.28. The molecule has 3 nitrogen and oxygen atoms in total. The van der Waals surface area contributed by atoms with Gasteiger partial charge in [0.25, 0.3) is 0 Å². The first-order valence-corrected chi connectivity index (χ1v) is 9.32. The molecule has 3 rings (SSSR count). The minimum atomic E-state index is -0.397. The zero-order valence-corrected chi connectivity index (χ0v) is 15.8. The van der Waals surface area contributed by atoms with Crippen LogP contribution in [0.25, 0.3) is 0 Å². The molecule has 3 aromatic carbocycles. The van der Waals surface area contributed by atoms with Crippen molar-refractivity contribution >= 4 is 5.91 Å². The predicted octanol–water partition coefficient (Wildman–Crippen LogP) is 4.85. The average Bonchev–Trinajstić information content (AvgIpc) is 2.74. The minimum absolute atomic E-state index is 0.0300. The van der Waals surface area contributed by atoms with E-state index in [1.807, 2.05) is 60.7 Å². The largest absolute Gasteiger partial charge is 0.375 e. The van der Waals surface area contributed by atoms with Crippen LogP contribution >= 0.6 is 0 Å². The third-order valence-corrected chi connectivity index (χ3v) is 4.78. The Morgan fingerprint density at radius 1 is 0.893 bits per heavy atom. The third-order valence-electron chi connectivity index (χ3n) is 4.78. The molecule has 1 amide bonds. The van der Waals surface area contributed by atoms with Crippen molar-refractivity contribution in [1.29, 1.82) is 0 Å². The van der Waals surface area contributed by atoms with Gasteiger partial charge < -0.3 is 10.1 Å². The van der Waals surface area contributed by atoms with Crippen LogP contribution in [0.3, 0.4) is 0 Å². The summed E-state index contributed by atoms with van der Waals surface area (Å²) in [5.74, 6) is -0.423. The van der Waals surface area contributed by atoms with Gasteiger partial charge in [-0.25, -0.2) is 4.39 Å². The maximum atomic E-state index is 13.5. The van der Waals surface area contributed by atoms with Crippen LogP contribution in [-0.4, -0.2) is 19.6 Å². The van der Waals surface area contributed by atoms with Crippen LogP contribution in [0.5, 0.6) is 0 Å². The number of carbonyl (C=O) groups excluding carboxylic acids is 1. The van der Waals surface area contributed by atoms with E-state index in [0.29, 0.717) is 12.0 Å². The number of nitrogens with one attached hydrogen (secondary N) is 1. The SMILES string of the molecule is CO[C@@H](CNC(=O)CC(c1ccccc1)c1ccccc1)c1cccc(F)c1. The van der Waals surface area contributed by atoms with Gasteiger partial charge in [0.05, 0.1) is 6.10 Å². The Hall–Kier alpha value is -2.98. The minimum Gasteiger partial charge on any atom is -0.375 e. The fourth-order valence-electron chi connectivity index (χ4n) is 3.31. The number of halogens is 1. The van der Waals surface area contributed by atoms with E-state index in [4.69, 9.17) is 4.74 Å². The number of benzene rings is 3. The number of carbonyl (C=O) groups is 1. The summed E-state index contributed by atoms with van der Waals surface area (Å²) >= 11 is 0. The van der Waals surface area contributed by atoms with Gasteiger partial charge in [0.1, 0.15) is 5.82 Å². The van der Waals surface area contributed by atoms with E-state index in [-0.39, 0.29) is 24.2 Å². The highest BCUT2D eigenvalue weighted by atomic mass is 19.1. The zero-order chi connectivity index (χ0) is 19.8. The standard InChI is InChI=1S/C24H24FNO2/c1-28-23(20-13-8-14-21(25)15-20)17-26-24(27)16-22(18-9-4-2-5-10-18)19-11-6-3-7-12-19/h2-15,22-23H,16-17H2,1H3,(H,26,27)/t23-/m0/s1. The molecule has 0 aliphatic carbocycles. The van der Waals surface area contributed by atoms with E-state index in [1.54, 1.807) is 19.2 Å². The fourth-order valence-corrected chi connectivity index (χ4v) is 3.31. The summed E-state index contributed by atoms with van der Waals surface area (Å²) in [5.41, 5.74) is 2.89. The van der Waals surface area contributed by atoms with Gasteiger partial charge in [-0.1, -0.05) is 72.8 Å². The summed E-state index contributed by atoms with van der Waals surface area (Å²) in [6, 6.07) is 26.2. The highest BCUT2D eigenvalue weighted by molar-refractivity contribution is 5.77. The van der Waals surface area contributed by atoms with Gasteiger partial charge in [0.15, 0.2) is 0 Å². The fraction of sp³-hybridized carbons (Fsp3) is 0.208. The number of methoxy groups -OCH3 is 1. The molecule has 0 saturated heterocycles. The molecule has 0 aliphatic heterocycles. The number of rotatable bonds is 8. The number of hydrogen-bond acceptors (Lipinski definition) is 2. The van der Waals surface area contributed by atoms with Crippen LogP contribution in [0.15, 0.2) is 84.9 Å². The molecule has 28 heavy (non-hydrogen) atoms.